The standard InChI is InChI=1S/C24H36N2O5S/c1-23(2,3)31-22(28)25-16-12-24(4,13-17-25)26-14-10-19(11-15-26)21(27)18-6-8-20(9-7-18)32(5,29)30/h6-9,19H,10-17H2,1-5H3. The number of carbonyl (C=O) groups is 2. The molecule has 2 aliphatic heterocycles. The zero-order valence-electron chi connectivity index (χ0n) is 19.9. The van der Waals surface area contributed by atoms with Crippen LogP contribution in [0.1, 0.15) is 63.7 Å². The van der Waals surface area contributed by atoms with Gasteiger partial charge >= 0.3 is 6.09 Å². The number of amides is 1. The molecule has 7 nitrogen and oxygen atoms in total. The van der Waals surface area contributed by atoms with Crippen molar-refractivity contribution in [3.63, 3.8) is 0 Å². The van der Waals surface area contributed by atoms with Crippen molar-refractivity contribution in [2.75, 3.05) is 32.4 Å². The van der Waals surface area contributed by atoms with Gasteiger partial charge in [0.15, 0.2) is 15.6 Å². The van der Waals surface area contributed by atoms with E-state index < -0.39 is 15.4 Å². The van der Waals surface area contributed by atoms with E-state index in [9.17, 15) is 18.0 Å². The molecule has 0 bridgehead atoms. The monoisotopic (exact) mass is 464 g/mol. The molecule has 0 unspecified atom stereocenters. The Morgan fingerprint density at radius 3 is 2.00 bits per heavy atom. The van der Waals surface area contributed by atoms with E-state index in [2.05, 4.69) is 11.8 Å². The third kappa shape index (κ3) is 5.90. The second-order valence-electron chi connectivity index (χ2n) is 10.4. The lowest BCUT2D eigenvalue weighted by Crippen LogP contribution is -2.57. The van der Waals surface area contributed by atoms with Gasteiger partial charge in [-0.3, -0.25) is 9.69 Å². The summed E-state index contributed by atoms with van der Waals surface area (Å²) >= 11 is 0. The Bertz CT molecular complexity index is 934. The smallest absolute Gasteiger partial charge is 0.410 e. The SMILES string of the molecule is CC(C)(C)OC(=O)N1CCC(C)(N2CCC(C(=O)c3ccc(S(C)(=O)=O)cc3)CC2)CC1. The van der Waals surface area contributed by atoms with Gasteiger partial charge in [0.2, 0.25) is 0 Å². The number of likely N-dealkylation sites (tertiary alicyclic amines) is 2. The molecular weight excluding hydrogens is 428 g/mol. The first-order valence-corrected chi connectivity index (χ1v) is 13.2. The Hall–Kier alpha value is -1.93. The van der Waals surface area contributed by atoms with Gasteiger partial charge in [-0.1, -0.05) is 12.1 Å². The Labute approximate surface area is 192 Å². The van der Waals surface area contributed by atoms with Crippen molar-refractivity contribution in [2.24, 2.45) is 5.92 Å². The van der Waals surface area contributed by atoms with Gasteiger partial charge in [-0.2, -0.15) is 0 Å². The van der Waals surface area contributed by atoms with E-state index in [4.69, 9.17) is 4.74 Å². The van der Waals surface area contributed by atoms with Crippen molar-refractivity contribution in [1.82, 2.24) is 9.80 Å². The Morgan fingerprint density at radius 2 is 1.53 bits per heavy atom. The molecule has 8 heteroatoms. The van der Waals surface area contributed by atoms with Gasteiger partial charge in [-0.05, 0) is 78.6 Å². The maximum Gasteiger partial charge on any atom is 0.410 e. The largest absolute Gasteiger partial charge is 0.444 e. The van der Waals surface area contributed by atoms with Crippen molar-refractivity contribution in [3.8, 4) is 0 Å². The fourth-order valence-corrected chi connectivity index (χ4v) is 5.23. The van der Waals surface area contributed by atoms with Crippen molar-refractivity contribution in [1.29, 1.82) is 0 Å². The van der Waals surface area contributed by atoms with Crippen molar-refractivity contribution in [3.05, 3.63) is 29.8 Å². The molecule has 2 fully saturated rings. The maximum atomic E-state index is 12.9. The number of hydrogen-bond acceptors (Lipinski definition) is 6. The van der Waals surface area contributed by atoms with Crippen molar-refractivity contribution >= 4 is 21.7 Å². The van der Waals surface area contributed by atoms with Gasteiger partial charge < -0.3 is 9.64 Å². The van der Waals surface area contributed by atoms with E-state index in [1.807, 2.05) is 20.8 Å². The molecule has 0 aromatic heterocycles. The molecule has 0 atom stereocenters. The van der Waals surface area contributed by atoms with Crippen LogP contribution in [-0.2, 0) is 14.6 Å². The molecule has 0 aliphatic carbocycles. The quantitative estimate of drug-likeness (QED) is 0.631. The molecule has 0 N–H and O–H groups in total. The number of rotatable bonds is 4. The molecule has 1 aromatic rings. The average Bonchev–Trinajstić information content (AvgIpc) is 2.72. The van der Waals surface area contributed by atoms with E-state index in [-0.39, 0.29) is 28.2 Å². The van der Waals surface area contributed by atoms with Crippen molar-refractivity contribution < 1.29 is 22.7 Å². The highest BCUT2D eigenvalue weighted by Gasteiger charge is 2.40. The predicted molar refractivity (Wildman–Crippen MR) is 124 cm³/mol. The zero-order valence-corrected chi connectivity index (χ0v) is 20.7. The number of sulfone groups is 1. The van der Waals surface area contributed by atoms with Crippen LogP contribution in [0, 0.1) is 5.92 Å². The summed E-state index contributed by atoms with van der Waals surface area (Å²) < 4.78 is 28.8. The first kappa shape index (κ1) is 24.7. The van der Waals surface area contributed by atoms with Gasteiger partial charge in [0.05, 0.1) is 4.90 Å². The van der Waals surface area contributed by atoms with E-state index in [1.54, 1.807) is 17.0 Å². The van der Waals surface area contributed by atoms with Crippen LogP contribution in [0.4, 0.5) is 4.79 Å². The summed E-state index contributed by atoms with van der Waals surface area (Å²) in [7, 11) is -3.27. The summed E-state index contributed by atoms with van der Waals surface area (Å²) in [6.07, 6.45) is 4.27. The minimum atomic E-state index is -3.27. The average molecular weight is 465 g/mol. The topological polar surface area (TPSA) is 84.0 Å². The second kappa shape index (κ2) is 9.14. The predicted octanol–water partition coefficient (Wildman–Crippen LogP) is 3.77. The van der Waals surface area contributed by atoms with Crippen LogP contribution >= 0.6 is 0 Å². The molecule has 3 rings (SSSR count). The van der Waals surface area contributed by atoms with E-state index in [0.29, 0.717) is 18.7 Å². The summed E-state index contributed by atoms with van der Waals surface area (Å²) in [4.78, 5) is 29.8. The number of piperidine rings is 2. The van der Waals surface area contributed by atoms with E-state index >= 15 is 0 Å². The molecular formula is C24H36N2O5S. The highest BCUT2D eigenvalue weighted by molar-refractivity contribution is 7.90. The molecule has 0 radical (unpaired) electrons. The first-order chi connectivity index (χ1) is 14.8. The number of benzene rings is 1. The first-order valence-electron chi connectivity index (χ1n) is 11.4. The van der Waals surface area contributed by atoms with Gasteiger partial charge in [-0.25, -0.2) is 13.2 Å². The number of ketones is 1. The molecule has 0 spiro atoms. The lowest BCUT2D eigenvalue weighted by atomic mass is 9.82. The molecule has 1 aromatic carbocycles. The third-order valence-corrected chi connectivity index (χ3v) is 7.82. The molecule has 2 saturated heterocycles. The van der Waals surface area contributed by atoms with Crippen LogP contribution in [0.25, 0.3) is 0 Å². The normalized spacial score (nSPS) is 20.7. The van der Waals surface area contributed by atoms with Crippen molar-refractivity contribution in [2.45, 2.75) is 69.4 Å². The summed E-state index contributed by atoms with van der Waals surface area (Å²) in [5.74, 6) is 0.0513. The minimum Gasteiger partial charge on any atom is -0.444 e. The number of nitrogens with zero attached hydrogens (tertiary/aromatic N) is 2. The number of hydrogen-bond donors (Lipinski definition) is 0. The van der Waals surface area contributed by atoms with E-state index in [1.165, 1.54) is 12.1 Å². The summed E-state index contributed by atoms with van der Waals surface area (Å²) in [5.41, 5.74) is 0.105. The van der Waals surface area contributed by atoms with Gasteiger partial charge in [-0.15, -0.1) is 0 Å². The highest BCUT2D eigenvalue weighted by Crippen LogP contribution is 2.33. The van der Waals surface area contributed by atoms with Gasteiger partial charge in [0.1, 0.15) is 5.60 Å². The highest BCUT2D eigenvalue weighted by atomic mass is 32.2. The number of carbonyl (C=O) groups excluding carboxylic acids is 2. The van der Waals surface area contributed by atoms with Gasteiger partial charge in [0.25, 0.3) is 0 Å². The minimum absolute atomic E-state index is 0.0175. The van der Waals surface area contributed by atoms with Crippen LogP contribution in [0.2, 0.25) is 0 Å². The lowest BCUT2D eigenvalue weighted by molar-refractivity contribution is -0.00998. The molecule has 1 amide bonds. The van der Waals surface area contributed by atoms with Crippen LogP contribution in [-0.4, -0.2) is 73.7 Å². The molecule has 2 heterocycles. The summed E-state index contributed by atoms with van der Waals surface area (Å²) in [5, 5.41) is 0. The Balaban J connectivity index is 1.53. The van der Waals surface area contributed by atoms with Crippen LogP contribution in [0.3, 0.4) is 0 Å². The molecule has 0 saturated carbocycles. The zero-order chi connectivity index (χ0) is 23.7. The fraction of sp³-hybridized carbons (Fsp3) is 0.667. The summed E-state index contributed by atoms with van der Waals surface area (Å²) in [6.45, 7) is 10.9. The molecule has 178 valence electrons. The Morgan fingerprint density at radius 1 is 1.00 bits per heavy atom. The van der Waals surface area contributed by atoms with Gasteiger partial charge in [0, 0.05) is 36.4 Å². The molecule has 32 heavy (non-hydrogen) atoms. The Kier molecular flexibility index (Phi) is 7.05. The summed E-state index contributed by atoms with van der Waals surface area (Å²) in [6, 6.07) is 6.27. The van der Waals surface area contributed by atoms with Crippen LogP contribution in [0.5, 0.6) is 0 Å². The van der Waals surface area contributed by atoms with Crippen LogP contribution < -0.4 is 0 Å². The fourth-order valence-electron chi connectivity index (χ4n) is 4.60. The number of Topliss-reactive ketones (excluding diaryl/α,β-unsaturated/α-hetero) is 1. The van der Waals surface area contributed by atoms with E-state index in [0.717, 1.165) is 45.0 Å². The second-order valence-corrected chi connectivity index (χ2v) is 12.4. The maximum absolute atomic E-state index is 12.9. The number of ether oxygens (including phenoxy) is 1. The van der Waals surface area contributed by atoms with Crippen LogP contribution in [0.15, 0.2) is 29.2 Å². The lowest BCUT2D eigenvalue weighted by Gasteiger charge is -2.49. The molecule has 2 aliphatic rings. The third-order valence-electron chi connectivity index (χ3n) is 6.69.